The Kier molecular flexibility index (Phi) is 6.59. The maximum atomic E-state index is 12.4. The number of ether oxygens (including phenoxy) is 1. The highest BCUT2D eigenvalue weighted by atomic mass is 32.2. The SMILES string of the molecule is CN(C)S(=O)(=O)c1cccc(C(=O)N/N=C\c2ccccc2OC(F)F)c1. The predicted molar refractivity (Wildman–Crippen MR) is 95.4 cm³/mol. The van der Waals surface area contributed by atoms with Gasteiger partial charge in [0.1, 0.15) is 5.75 Å². The normalized spacial score (nSPS) is 11.9. The maximum absolute atomic E-state index is 12.4. The van der Waals surface area contributed by atoms with Gasteiger partial charge in [-0.1, -0.05) is 18.2 Å². The molecule has 0 aromatic heterocycles. The number of nitrogens with one attached hydrogen (secondary N) is 1. The van der Waals surface area contributed by atoms with Gasteiger partial charge in [0.2, 0.25) is 10.0 Å². The molecule has 0 saturated heterocycles. The third-order valence-corrected chi connectivity index (χ3v) is 5.19. The molecule has 0 aliphatic heterocycles. The van der Waals surface area contributed by atoms with Crippen LogP contribution < -0.4 is 10.2 Å². The van der Waals surface area contributed by atoms with Crippen molar-refractivity contribution in [3.8, 4) is 5.75 Å². The van der Waals surface area contributed by atoms with Crippen LogP contribution >= 0.6 is 0 Å². The number of halogens is 2. The Morgan fingerprint density at radius 1 is 1.19 bits per heavy atom. The van der Waals surface area contributed by atoms with Gasteiger partial charge in [0.15, 0.2) is 0 Å². The number of hydrazone groups is 1. The molecule has 144 valence electrons. The fraction of sp³-hybridized carbons (Fsp3) is 0.176. The van der Waals surface area contributed by atoms with Gasteiger partial charge in [-0.25, -0.2) is 18.1 Å². The molecule has 7 nitrogen and oxygen atoms in total. The number of amides is 1. The van der Waals surface area contributed by atoms with Crippen LogP contribution in [0.15, 0.2) is 58.5 Å². The van der Waals surface area contributed by atoms with Crippen molar-refractivity contribution in [2.75, 3.05) is 14.1 Å². The summed E-state index contributed by atoms with van der Waals surface area (Å²) in [4.78, 5) is 12.1. The summed E-state index contributed by atoms with van der Waals surface area (Å²) < 4.78 is 54.4. The summed E-state index contributed by atoms with van der Waals surface area (Å²) >= 11 is 0. The van der Waals surface area contributed by atoms with Crippen LogP contribution in [0.4, 0.5) is 8.78 Å². The largest absolute Gasteiger partial charge is 0.434 e. The number of hydrogen-bond acceptors (Lipinski definition) is 5. The van der Waals surface area contributed by atoms with Gasteiger partial charge in [0.25, 0.3) is 5.91 Å². The molecule has 1 amide bonds. The molecular weight excluding hydrogens is 380 g/mol. The number of carbonyl (C=O) groups excluding carboxylic acids is 1. The van der Waals surface area contributed by atoms with E-state index in [4.69, 9.17) is 0 Å². The van der Waals surface area contributed by atoms with Crippen molar-refractivity contribution in [1.29, 1.82) is 0 Å². The van der Waals surface area contributed by atoms with E-state index in [-0.39, 0.29) is 21.8 Å². The second kappa shape index (κ2) is 8.69. The lowest BCUT2D eigenvalue weighted by Gasteiger charge is -2.11. The minimum absolute atomic E-state index is 0.0418. The lowest BCUT2D eigenvalue weighted by molar-refractivity contribution is -0.0499. The monoisotopic (exact) mass is 397 g/mol. The van der Waals surface area contributed by atoms with Crippen LogP contribution in [0.2, 0.25) is 0 Å². The lowest BCUT2D eigenvalue weighted by atomic mass is 10.2. The van der Waals surface area contributed by atoms with Crippen LogP contribution in [0, 0.1) is 0 Å². The van der Waals surface area contributed by atoms with E-state index in [1.165, 1.54) is 56.6 Å². The van der Waals surface area contributed by atoms with Gasteiger partial charge in [-0.2, -0.15) is 13.9 Å². The van der Waals surface area contributed by atoms with Gasteiger partial charge >= 0.3 is 6.61 Å². The van der Waals surface area contributed by atoms with Gasteiger partial charge < -0.3 is 4.74 Å². The molecule has 0 heterocycles. The first-order chi connectivity index (χ1) is 12.7. The second-order valence-corrected chi connectivity index (χ2v) is 7.58. The van der Waals surface area contributed by atoms with E-state index in [2.05, 4.69) is 15.3 Å². The fourth-order valence-electron chi connectivity index (χ4n) is 2.02. The zero-order chi connectivity index (χ0) is 20.0. The molecule has 0 saturated carbocycles. The Bertz CT molecular complexity index is 947. The number of rotatable bonds is 7. The number of benzene rings is 2. The van der Waals surface area contributed by atoms with Crippen molar-refractivity contribution in [3.05, 3.63) is 59.7 Å². The standard InChI is InChI=1S/C17H17F2N3O4S/c1-22(2)27(24,25)14-8-5-7-12(10-14)16(23)21-20-11-13-6-3-4-9-15(13)26-17(18)19/h3-11,17H,1-2H3,(H,21,23)/b20-11-. The minimum Gasteiger partial charge on any atom is -0.434 e. The number of alkyl halides is 2. The molecule has 0 aliphatic carbocycles. The molecule has 0 bridgehead atoms. The van der Waals surface area contributed by atoms with Crippen molar-refractivity contribution in [1.82, 2.24) is 9.73 Å². The summed E-state index contributed by atoms with van der Waals surface area (Å²) in [5.74, 6) is -0.751. The molecule has 1 N–H and O–H groups in total. The highest BCUT2D eigenvalue weighted by molar-refractivity contribution is 7.89. The van der Waals surface area contributed by atoms with Crippen LogP contribution in [0.1, 0.15) is 15.9 Å². The van der Waals surface area contributed by atoms with E-state index in [1.54, 1.807) is 6.07 Å². The summed E-state index contributed by atoms with van der Waals surface area (Å²) in [7, 11) is -0.926. The second-order valence-electron chi connectivity index (χ2n) is 5.43. The molecule has 0 aliphatic rings. The van der Waals surface area contributed by atoms with Crippen LogP contribution in [0.5, 0.6) is 5.75 Å². The third kappa shape index (κ3) is 5.31. The Morgan fingerprint density at radius 3 is 2.56 bits per heavy atom. The van der Waals surface area contributed by atoms with Crippen LogP contribution in [0.25, 0.3) is 0 Å². The maximum Gasteiger partial charge on any atom is 0.387 e. The van der Waals surface area contributed by atoms with Gasteiger partial charge in [-0.3, -0.25) is 4.79 Å². The molecule has 27 heavy (non-hydrogen) atoms. The summed E-state index contributed by atoms with van der Waals surface area (Å²) in [6.07, 6.45) is 1.15. The van der Waals surface area contributed by atoms with Gasteiger partial charge in [0.05, 0.1) is 11.1 Å². The van der Waals surface area contributed by atoms with Crippen molar-refractivity contribution < 1.29 is 26.7 Å². The Labute approximate surface area is 155 Å². The summed E-state index contributed by atoms with van der Waals surface area (Å²) in [5, 5.41) is 3.70. The minimum atomic E-state index is -3.69. The van der Waals surface area contributed by atoms with E-state index in [9.17, 15) is 22.0 Å². The van der Waals surface area contributed by atoms with E-state index in [0.717, 1.165) is 10.5 Å². The van der Waals surface area contributed by atoms with E-state index in [1.807, 2.05) is 0 Å². The van der Waals surface area contributed by atoms with E-state index < -0.39 is 22.5 Å². The Morgan fingerprint density at radius 2 is 1.89 bits per heavy atom. The molecule has 0 spiro atoms. The summed E-state index contributed by atoms with van der Waals surface area (Å²) in [6, 6.07) is 11.4. The molecule has 2 rings (SSSR count). The summed E-state index contributed by atoms with van der Waals surface area (Å²) in [6.45, 7) is -2.99. The van der Waals surface area contributed by atoms with E-state index >= 15 is 0 Å². The zero-order valence-corrected chi connectivity index (χ0v) is 15.3. The average molecular weight is 397 g/mol. The molecule has 0 radical (unpaired) electrons. The quantitative estimate of drug-likeness (QED) is 0.574. The topological polar surface area (TPSA) is 88.1 Å². The van der Waals surface area contributed by atoms with Crippen molar-refractivity contribution in [3.63, 3.8) is 0 Å². The smallest absolute Gasteiger partial charge is 0.387 e. The first-order valence-electron chi connectivity index (χ1n) is 7.61. The highest BCUT2D eigenvalue weighted by Gasteiger charge is 2.18. The van der Waals surface area contributed by atoms with Gasteiger partial charge in [-0.15, -0.1) is 0 Å². The average Bonchev–Trinajstić information content (AvgIpc) is 2.62. The highest BCUT2D eigenvalue weighted by Crippen LogP contribution is 2.18. The first kappa shape index (κ1) is 20.5. The molecule has 2 aromatic carbocycles. The lowest BCUT2D eigenvalue weighted by Crippen LogP contribution is -2.23. The molecule has 0 atom stereocenters. The molecule has 0 fully saturated rings. The van der Waals surface area contributed by atoms with Crippen molar-refractivity contribution in [2.45, 2.75) is 11.5 Å². The Balaban J connectivity index is 2.14. The fourth-order valence-corrected chi connectivity index (χ4v) is 2.97. The number of carbonyl (C=O) groups is 1. The van der Waals surface area contributed by atoms with Crippen molar-refractivity contribution >= 4 is 22.1 Å². The van der Waals surface area contributed by atoms with E-state index in [0.29, 0.717) is 0 Å². The molecule has 10 heteroatoms. The van der Waals surface area contributed by atoms with Gasteiger partial charge in [-0.05, 0) is 30.3 Å². The number of sulfonamides is 1. The molecular formula is C17H17F2N3O4S. The zero-order valence-electron chi connectivity index (χ0n) is 14.5. The number of hydrogen-bond donors (Lipinski definition) is 1. The van der Waals surface area contributed by atoms with Crippen LogP contribution in [-0.4, -0.2) is 45.6 Å². The van der Waals surface area contributed by atoms with Crippen LogP contribution in [0.3, 0.4) is 0 Å². The van der Waals surface area contributed by atoms with Crippen LogP contribution in [-0.2, 0) is 10.0 Å². The Hall–Kier alpha value is -2.85. The number of para-hydroxylation sites is 1. The molecule has 0 unspecified atom stereocenters. The predicted octanol–water partition coefficient (Wildman–Crippen LogP) is 2.30. The van der Waals surface area contributed by atoms with Gasteiger partial charge in [0, 0.05) is 25.2 Å². The first-order valence-corrected chi connectivity index (χ1v) is 9.05. The molecule has 2 aromatic rings. The van der Waals surface area contributed by atoms with Crippen molar-refractivity contribution in [2.24, 2.45) is 5.10 Å². The summed E-state index contributed by atoms with van der Waals surface area (Å²) in [5.41, 5.74) is 2.53. The number of nitrogens with zero attached hydrogens (tertiary/aromatic N) is 2. The third-order valence-electron chi connectivity index (χ3n) is 3.38.